The summed E-state index contributed by atoms with van der Waals surface area (Å²) in [5.41, 5.74) is 5.61. The number of rotatable bonds is 2. The summed E-state index contributed by atoms with van der Waals surface area (Å²) < 4.78 is 23.0. The van der Waals surface area contributed by atoms with E-state index in [1.165, 1.54) is 20.3 Å². The Bertz CT molecular complexity index is 409. The van der Waals surface area contributed by atoms with E-state index in [-0.39, 0.29) is 20.6 Å². The maximum absolute atomic E-state index is 13.4. The molecule has 0 amide bonds. The van der Waals surface area contributed by atoms with E-state index in [9.17, 15) is 9.18 Å². The molecule has 15 heavy (non-hydrogen) atoms. The molecule has 6 heteroatoms. The van der Waals surface area contributed by atoms with E-state index < -0.39 is 11.8 Å². The molecule has 0 aliphatic heterocycles. The molecular formula is C9H9FINO3. The van der Waals surface area contributed by atoms with Gasteiger partial charge in [0.25, 0.3) is 0 Å². The van der Waals surface area contributed by atoms with E-state index in [2.05, 4.69) is 4.74 Å². The Morgan fingerprint density at radius 3 is 2.60 bits per heavy atom. The molecular weight excluding hydrogens is 316 g/mol. The molecule has 1 rings (SSSR count). The number of carbonyl (C=O) groups is 1. The summed E-state index contributed by atoms with van der Waals surface area (Å²) in [4.78, 5) is 11.3. The largest absolute Gasteiger partial charge is 0.492 e. The second-order valence-corrected chi connectivity index (χ2v) is 3.82. The van der Waals surface area contributed by atoms with Gasteiger partial charge in [0.2, 0.25) is 0 Å². The zero-order valence-corrected chi connectivity index (χ0v) is 10.3. The lowest BCUT2D eigenvalue weighted by atomic mass is 10.1. The fourth-order valence-electron chi connectivity index (χ4n) is 1.10. The van der Waals surface area contributed by atoms with E-state index >= 15 is 0 Å². The van der Waals surface area contributed by atoms with Gasteiger partial charge in [0.05, 0.1) is 29.0 Å². The Balaban J connectivity index is 3.43. The first kappa shape index (κ1) is 12.0. The molecule has 0 heterocycles. The predicted octanol–water partition coefficient (Wildman–Crippen LogP) is 1.81. The molecule has 0 spiro atoms. The van der Waals surface area contributed by atoms with E-state index in [0.717, 1.165) is 0 Å². The minimum atomic E-state index is -0.622. The third-order valence-electron chi connectivity index (χ3n) is 1.82. The Morgan fingerprint density at radius 1 is 1.53 bits per heavy atom. The van der Waals surface area contributed by atoms with Gasteiger partial charge in [-0.25, -0.2) is 9.18 Å². The zero-order valence-electron chi connectivity index (χ0n) is 8.14. The van der Waals surface area contributed by atoms with Crippen molar-refractivity contribution in [3.8, 4) is 5.75 Å². The third kappa shape index (κ3) is 2.14. The van der Waals surface area contributed by atoms with Gasteiger partial charge in [-0.2, -0.15) is 0 Å². The topological polar surface area (TPSA) is 61.5 Å². The Labute approximate surface area is 99.7 Å². The van der Waals surface area contributed by atoms with Crippen molar-refractivity contribution in [2.24, 2.45) is 0 Å². The van der Waals surface area contributed by atoms with Crippen molar-refractivity contribution in [1.29, 1.82) is 0 Å². The molecule has 0 saturated heterocycles. The highest BCUT2D eigenvalue weighted by Crippen LogP contribution is 2.32. The highest BCUT2D eigenvalue weighted by atomic mass is 127. The lowest BCUT2D eigenvalue weighted by molar-refractivity contribution is 0.0601. The SMILES string of the molecule is COC(=O)c1cc(I)c(F)c(OC)c1N. The molecule has 0 aliphatic rings. The van der Waals surface area contributed by atoms with Crippen LogP contribution >= 0.6 is 22.6 Å². The summed E-state index contributed by atoms with van der Waals surface area (Å²) >= 11 is 1.75. The number of carbonyl (C=O) groups excluding carboxylic acids is 1. The molecule has 82 valence electrons. The van der Waals surface area contributed by atoms with Gasteiger partial charge in [0.15, 0.2) is 11.6 Å². The number of esters is 1. The third-order valence-corrected chi connectivity index (χ3v) is 2.61. The van der Waals surface area contributed by atoms with Crippen LogP contribution in [0.25, 0.3) is 0 Å². The Morgan fingerprint density at radius 2 is 2.13 bits per heavy atom. The summed E-state index contributed by atoms with van der Waals surface area (Å²) in [7, 11) is 2.51. The Hall–Kier alpha value is -1.05. The molecule has 0 unspecified atom stereocenters. The molecule has 0 saturated carbocycles. The smallest absolute Gasteiger partial charge is 0.340 e. The number of hydrogen-bond donors (Lipinski definition) is 1. The van der Waals surface area contributed by atoms with Crippen LogP contribution in [0.2, 0.25) is 0 Å². The summed E-state index contributed by atoms with van der Waals surface area (Å²) in [5.74, 6) is -1.34. The first-order chi connectivity index (χ1) is 7.02. The van der Waals surface area contributed by atoms with Crippen LogP contribution in [0.5, 0.6) is 5.75 Å². The van der Waals surface area contributed by atoms with E-state index in [0.29, 0.717) is 0 Å². The standard InChI is InChI=1S/C9H9FINO3/c1-14-8-6(10)5(11)3-4(7(8)12)9(13)15-2/h3H,12H2,1-2H3. The normalized spacial score (nSPS) is 9.87. The van der Waals surface area contributed by atoms with Gasteiger partial charge >= 0.3 is 5.97 Å². The van der Waals surface area contributed by atoms with Crippen molar-refractivity contribution >= 4 is 34.2 Å². The number of nitrogens with two attached hydrogens (primary N) is 1. The van der Waals surface area contributed by atoms with Gasteiger partial charge in [0, 0.05) is 0 Å². The number of methoxy groups -OCH3 is 2. The summed E-state index contributed by atoms with van der Waals surface area (Å²) in [6.07, 6.45) is 0. The quantitative estimate of drug-likeness (QED) is 0.512. The van der Waals surface area contributed by atoms with Crippen LogP contribution in [0, 0.1) is 9.39 Å². The first-order valence-corrected chi connectivity index (χ1v) is 5.00. The molecule has 0 atom stereocenters. The number of ether oxygens (including phenoxy) is 2. The summed E-state index contributed by atoms with van der Waals surface area (Å²) in [6, 6.07) is 1.32. The first-order valence-electron chi connectivity index (χ1n) is 3.92. The van der Waals surface area contributed by atoms with Crippen molar-refractivity contribution in [3.63, 3.8) is 0 Å². The highest BCUT2D eigenvalue weighted by Gasteiger charge is 2.20. The molecule has 2 N–H and O–H groups in total. The number of nitrogen functional groups attached to an aromatic ring is 1. The lowest BCUT2D eigenvalue weighted by Crippen LogP contribution is -2.09. The van der Waals surface area contributed by atoms with Gasteiger partial charge in [-0.1, -0.05) is 0 Å². The minimum absolute atomic E-state index is 0.0535. The van der Waals surface area contributed by atoms with Gasteiger partial charge < -0.3 is 15.2 Å². The van der Waals surface area contributed by atoms with Crippen LogP contribution in [0.15, 0.2) is 6.07 Å². The molecule has 0 bridgehead atoms. The molecule has 0 aromatic heterocycles. The highest BCUT2D eigenvalue weighted by molar-refractivity contribution is 14.1. The molecule has 0 aliphatic carbocycles. The summed E-state index contributed by atoms with van der Waals surface area (Å²) in [5, 5.41) is 0. The van der Waals surface area contributed by atoms with Crippen LogP contribution in [0.4, 0.5) is 10.1 Å². The maximum Gasteiger partial charge on any atom is 0.340 e. The molecule has 0 radical (unpaired) electrons. The number of anilines is 1. The zero-order chi connectivity index (χ0) is 11.6. The van der Waals surface area contributed by atoms with Gasteiger partial charge in [0.1, 0.15) is 0 Å². The average Bonchev–Trinajstić information content (AvgIpc) is 2.23. The number of hydrogen-bond acceptors (Lipinski definition) is 4. The van der Waals surface area contributed by atoms with Crippen LogP contribution in [0.1, 0.15) is 10.4 Å². The van der Waals surface area contributed by atoms with Gasteiger partial charge in [-0.3, -0.25) is 0 Å². The van der Waals surface area contributed by atoms with Crippen molar-refractivity contribution in [3.05, 3.63) is 21.0 Å². The minimum Gasteiger partial charge on any atom is -0.492 e. The van der Waals surface area contributed by atoms with E-state index in [1.54, 1.807) is 22.6 Å². The van der Waals surface area contributed by atoms with Gasteiger partial charge in [-0.15, -0.1) is 0 Å². The van der Waals surface area contributed by atoms with Crippen molar-refractivity contribution in [1.82, 2.24) is 0 Å². The molecule has 1 aromatic rings. The second kappa shape index (κ2) is 4.65. The lowest BCUT2D eigenvalue weighted by Gasteiger charge is -2.10. The van der Waals surface area contributed by atoms with Crippen LogP contribution < -0.4 is 10.5 Å². The Kier molecular flexibility index (Phi) is 3.72. The van der Waals surface area contributed by atoms with Crippen LogP contribution in [-0.2, 0) is 4.74 Å². The fourth-order valence-corrected chi connectivity index (χ4v) is 1.65. The van der Waals surface area contributed by atoms with Crippen LogP contribution in [-0.4, -0.2) is 20.2 Å². The number of benzene rings is 1. The monoisotopic (exact) mass is 325 g/mol. The van der Waals surface area contributed by atoms with E-state index in [4.69, 9.17) is 10.5 Å². The number of halogens is 2. The predicted molar refractivity (Wildman–Crippen MR) is 61.4 cm³/mol. The van der Waals surface area contributed by atoms with Crippen molar-refractivity contribution in [2.75, 3.05) is 20.0 Å². The van der Waals surface area contributed by atoms with Crippen LogP contribution in [0.3, 0.4) is 0 Å². The van der Waals surface area contributed by atoms with Crippen molar-refractivity contribution in [2.45, 2.75) is 0 Å². The van der Waals surface area contributed by atoms with E-state index in [1.807, 2.05) is 0 Å². The van der Waals surface area contributed by atoms with Crippen molar-refractivity contribution < 1.29 is 18.7 Å². The molecule has 0 fully saturated rings. The fraction of sp³-hybridized carbons (Fsp3) is 0.222. The van der Waals surface area contributed by atoms with Gasteiger partial charge in [-0.05, 0) is 28.7 Å². The maximum atomic E-state index is 13.4. The molecule has 4 nitrogen and oxygen atoms in total. The second-order valence-electron chi connectivity index (χ2n) is 2.66. The average molecular weight is 325 g/mol. The molecule has 1 aromatic carbocycles. The summed E-state index contributed by atoms with van der Waals surface area (Å²) in [6.45, 7) is 0.